The molecule has 0 aliphatic carbocycles. The van der Waals surface area contributed by atoms with Gasteiger partial charge in [-0.15, -0.1) is 0 Å². The van der Waals surface area contributed by atoms with Crippen LogP contribution in [0.2, 0.25) is 0 Å². The van der Waals surface area contributed by atoms with Crippen LogP contribution >= 0.6 is 11.8 Å². The molecule has 0 unspecified atom stereocenters. The third-order valence-corrected chi connectivity index (χ3v) is 5.53. The zero-order chi connectivity index (χ0) is 19.5. The normalized spacial score (nSPS) is 12.6. The van der Waals surface area contributed by atoms with Crippen molar-refractivity contribution in [2.75, 3.05) is 6.54 Å². The summed E-state index contributed by atoms with van der Waals surface area (Å²) in [5.74, 6) is 0.335. The Morgan fingerprint density at radius 1 is 1.04 bits per heavy atom. The fourth-order valence-corrected chi connectivity index (χ4v) is 3.98. The van der Waals surface area contributed by atoms with Gasteiger partial charge in [0.1, 0.15) is 0 Å². The van der Waals surface area contributed by atoms with Gasteiger partial charge in [-0.25, -0.2) is 4.99 Å². The molecule has 0 atom stereocenters. The van der Waals surface area contributed by atoms with Crippen molar-refractivity contribution < 1.29 is 4.79 Å². The molecule has 0 fully saturated rings. The summed E-state index contributed by atoms with van der Waals surface area (Å²) in [7, 11) is 0. The van der Waals surface area contributed by atoms with Gasteiger partial charge in [0.15, 0.2) is 0 Å². The van der Waals surface area contributed by atoms with Gasteiger partial charge in [-0.05, 0) is 42.3 Å². The number of nitrogens with zero attached hydrogens (tertiary/aromatic N) is 2. The summed E-state index contributed by atoms with van der Waals surface area (Å²) in [5, 5.41) is 2.97. The van der Waals surface area contributed by atoms with E-state index in [-0.39, 0.29) is 5.91 Å². The predicted octanol–water partition coefficient (Wildman–Crippen LogP) is 5.10. The SMILES string of the molecule is CC(C)CNC(=O)c1ccc2c(c1)N=C(c1ccccn1)c1ccccc1S2. The van der Waals surface area contributed by atoms with Gasteiger partial charge in [-0.2, -0.15) is 0 Å². The molecular formula is C23H21N3OS. The minimum absolute atomic E-state index is 0.0714. The average Bonchev–Trinajstić information content (AvgIpc) is 2.88. The van der Waals surface area contributed by atoms with Crippen LogP contribution < -0.4 is 5.32 Å². The molecule has 2 aromatic carbocycles. The molecule has 0 saturated carbocycles. The molecular weight excluding hydrogens is 366 g/mol. The molecule has 1 N–H and O–H groups in total. The molecule has 3 aromatic rings. The number of hydrogen-bond donors (Lipinski definition) is 1. The Kier molecular flexibility index (Phi) is 5.26. The summed E-state index contributed by atoms with van der Waals surface area (Å²) in [5.41, 5.74) is 4.10. The number of nitrogens with one attached hydrogen (secondary N) is 1. The molecule has 1 amide bonds. The molecule has 1 aliphatic rings. The Bertz CT molecular complexity index is 1040. The number of aromatic nitrogens is 1. The van der Waals surface area contributed by atoms with Crippen LogP contribution in [0, 0.1) is 5.92 Å². The van der Waals surface area contributed by atoms with Gasteiger partial charge in [0, 0.05) is 33.7 Å². The van der Waals surface area contributed by atoms with Gasteiger partial charge in [-0.3, -0.25) is 9.78 Å². The van der Waals surface area contributed by atoms with Gasteiger partial charge in [-0.1, -0.05) is 49.9 Å². The third-order valence-electron chi connectivity index (χ3n) is 4.39. The Hall–Kier alpha value is -2.92. The van der Waals surface area contributed by atoms with Crippen LogP contribution in [-0.4, -0.2) is 23.1 Å². The number of rotatable bonds is 4. The van der Waals surface area contributed by atoms with Crippen LogP contribution in [0.4, 0.5) is 5.69 Å². The van der Waals surface area contributed by atoms with Crippen molar-refractivity contribution in [3.8, 4) is 0 Å². The Morgan fingerprint density at radius 3 is 2.64 bits per heavy atom. The van der Waals surface area contributed by atoms with E-state index in [2.05, 4.69) is 36.3 Å². The number of carbonyl (C=O) groups excluding carboxylic acids is 1. The molecule has 5 heteroatoms. The molecule has 0 radical (unpaired) electrons. The number of pyridine rings is 1. The lowest BCUT2D eigenvalue weighted by molar-refractivity contribution is 0.0949. The summed E-state index contributed by atoms with van der Waals surface area (Å²) in [6.45, 7) is 4.81. The second-order valence-electron chi connectivity index (χ2n) is 7.06. The summed E-state index contributed by atoms with van der Waals surface area (Å²) in [6.07, 6.45) is 1.77. The minimum atomic E-state index is -0.0714. The highest BCUT2D eigenvalue weighted by Gasteiger charge is 2.20. The van der Waals surface area contributed by atoms with Crippen molar-refractivity contribution in [1.82, 2.24) is 10.3 Å². The van der Waals surface area contributed by atoms with Crippen LogP contribution in [0.15, 0.2) is 81.6 Å². The van der Waals surface area contributed by atoms with Crippen LogP contribution in [0.25, 0.3) is 0 Å². The Morgan fingerprint density at radius 2 is 1.86 bits per heavy atom. The first-order valence-electron chi connectivity index (χ1n) is 9.31. The fourth-order valence-electron chi connectivity index (χ4n) is 2.98. The van der Waals surface area contributed by atoms with E-state index in [0.717, 1.165) is 32.4 Å². The van der Waals surface area contributed by atoms with Gasteiger partial charge in [0.2, 0.25) is 0 Å². The molecule has 1 aromatic heterocycles. The highest BCUT2D eigenvalue weighted by atomic mass is 32.2. The maximum absolute atomic E-state index is 12.5. The van der Waals surface area contributed by atoms with E-state index in [1.165, 1.54) is 0 Å². The average molecular weight is 388 g/mol. The molecule has 0 bridgehead atoms. The molecule has 0 saturated heterocycles. The fraction of sp³-hybridized carbons (Fsp3) is 0.174. The van der Waals surface area contributed by atoms with Crippen molar-refractivity contribution in [2.24, 2.45) is 10.9 Å². The van der Waals surface area contributed by atoms with E-state index < -0.39 is 0 Å². The largest absolute Gasteiger partial charge is 0.352 e. The van der Waals surface area contributed by atoms with Crippen LogP contribution in [-0.2, 0) is 0 Å². The lowest BCUT2D eigenvalue weighted by Gasteiger charge is -2.09. The smallest absolute Gasteiger partial charge is 0.251 e. The first-order valence-corrected chi connectivity index (χ1v) is 10.1. The standard InChI is InChI=1S/C23H21N3OS/c1-15(2)14-25-23(27)16-10-11-21-19(13-16)26-22(18-8-5-6-12-24-18)17-7-3-4-9-20(17)28-21/h3-13,15H,14H2,1-2H3,(H,25,27). The zero-order valence-electron chi connectivity index (χ0n) is 15.8. The lowest BCUT2D eigenvalue weighted by Crippen LogP contribution is -2.27. The maximum atomic E-state index is 12.5. The van der Waals surface area contributed by atoms with Crippen LogP contribution in [0.3, 0.4) is 0 Å². The van der Waals surface area contributed by atoms with Crippen LogP contribution in [0.5, 0.6) is 0 Å². The van der Waals surface area contributed by atoms with Crippen molar-refractivity contribution in [2.45, 2.75) is 23.6 Å². The molecule has 4 rings (SSSR count). The predicted molar refractivity (Wildman–Crippen MR) is 114 cm³/mol. The number of benzene rings is 2. The van der Waals surface area contributed by atoms with E-state index in [9.17, 15) is 4.79 Å². The van der Waals surface area contributed by atoms with E-state index in [1.807, 2.05) is 48.5 Å². The van der Waals surface area contributed by atoms with Crippen molar-refractivity contribution in [3.05, 3.63) is 83.7 Å². The number of carbonyl (C=O) groups is 1. The van der Waals surface area contributed by atoms with Crippen LogP contribution in [0.1, 0.15) is 35.5 Å². The number of aliphatic imine (C=N–C) groups is 1. The van der Waals surface area contributed by atoms with Crippen molar-refractivity contribution in [3.63, 3.8) is 0 Å². The maximum Gasteiger partial charge on any atom is 0.251 e. The quantitative estimate of drug-likeness (QED) is 0.530. The first kappa shape index (κ1) is 18.4. The van der Waals surface area contributed by atoms with Gasteiger partial charge in [0.25, 0.3) is 5.91 Å². The van der Waals surface area contributed by atoms with Gasteiger partial charge in [0.05, 0.1) is 17.1 Å². The Labute approximate surface area is 169 Å². The lowest BCUT2D eigenvalue weighted by atomic mass is 10.1. The first-order chi connectivity index (χ1) is 13.6. The summed E-state index contributed by atoms with van der Waals surface area (Å²) < 4.78 is 0. The third kappa shape index (κ3) is 3.85. The zero-order valence-corrected chi connectivity index (χ0v) is 16.7. The number of hydrogen-bond acceptors (Lipinski definition) is 4. The number of fused-ring (bicyclic) bond motifs is 2. The Balaban J connectivity index is 1.80. The van der Waals surface area contributed by atoms with E-state index >= 15 is 0 Å². The molecule has 140 valence electrons. The second kappa shape index (κ2) is 7.98. The van der Waals surface area contributed by atoms with Gasteiger partial charge < -0.3 is 5.32 Å². The second-order valence-corrected chi connectivity index (χ2v) is 8.14. The summed E-state index contributed by atoms with van der Waals surface area (Å²) in [4.78, 5) is 24.1. The summed E-state index contributed by atoms with van der Waals surface area (Å²) >= 11 is 1.67. The highest BCUT2D eigenvalue weighted by molar-refractivity contribution is 7.99. The molecule has 0 spiro atoms. The van der Waals surface area contributed by atoms with E-state index in [1.54, 1.807) is 18.0 Å². The highest BCUT2D eigenvalue weighted by Crippen LogP contribution is 2.41. The number of amides is 1. The minimum Gasteiger partial charge on any atom is -0.352 e. The monoisotopic (exact) mass is 387 g/mol. The molecule has 28 heavy (non-hydrogen) atoms. The molecule has 2 heterocycles. The van der Waals surface area contributed by atoms with E-state index in [0.29, 0.717) is 18.0 Å². The summed E-state index contributed by atoms with van der Waals surface area (Å²) in [6, 6.07) is 19.7. The van der Waals surface area contributed by atoms with Crippen molar-refractivity contribution >= 4 is 29.1 Å². The van der Waals surface area contributed by atoms with E-state index in [4.69, 9.17) is 4.99 Å². The van der Waals surface area contributed by atoms with Gasteiger partial charge >= 0.3 is 0 Å². The molecule has 1 aliphatic heterocycles. The topological polar surface area (TPSA) is 54.4 Å². The molecule has 4 nitrogen and oxygen atoms in total. The van der Waals surface area contributed by atoms with Crippen molar-refractivity contribution in [1.29, 1.82) is 0 Å².